The molecule has 0 bridgehead atoms. The lowest BCUT2D eigenvalue weighted by atomic mass is 10.2. The molecule has 0 aliphatic heterocycles. The summed E-state index contributed by atoms with van der Waals surface area (Å²) in [5.41, 5.74) is 1.51. The lowest BCUT2D eigenvalue weighted by molar-refractivity contribution is -0.117. The predicted molar refractivity (Wildman–Crippen MR) is 109 cm³/mol. The van der Waals surface area contributed by atoms with E-state index in [0.717, 1.165) is 11.4 Å². The molecule has 9 heteroatoms. The molecule has 0 aliphatic carbocycles. The van der Waals surface area contributed by atoms with Gasteiger partial charge in [-0.25, -0.2) is 0 Å². The minimum atomic E-state index is -0.448. The van der Waals surface area contributed by atoms with Gasteiger partial charge < -0.3 is 4.90 Å². The van der Waals surface area contributed by atoms with E-state index in [4.69, 9.17) is 16.9 Å². The van der Waals surface area contributed by atoms with Crippen LogP contribution in [0.1, 0.15) is 13.3 Å². The fourth-order valence-corrected chi connectivity index (χ4v) is 3.56. The van der Waals surface area contributed by atoms with Crippen LogP contribution in [0.3, 0.4) is 0 Å². The van der Waals surface area contributed by atoms with Gasteiger partial charge in [0, 0.05) is 17.3 Å². The summed E-state index contributed by atoms with van der Waals surface area (Å²) in [6.45, 7) is 2.13. The van der Waals surface area contributed by atoms with Crippen molar-refractivity contribution in [3.63, 3.8) is 0 Å². The van der Waals surface area contributed by atoms with Crippen LogP contribution in [0.4, 0.5) is 5.69 Å². The van der Waals surface area contributed by atoms with Crippen LogP contribution in [0.5, 0.6) is 0 Å². The number of para-hydroxylation sites is 1. The molecule has 0 saturated carbocycles. The summed E-state index contributed by atoms with van der Waals surface area (Å²) in [5, 5.41) is 21.4. The highest BCUT2D eigenvalue weighted by Gasteiger charge is 2.25. The fraction of sp³-hybridized carbons (Fsp3) is 0.211. The van der Waals surface area contributed by atoms with Crippen LogP contribution in [-0.2, 0) is 4.79 Å². The molecule has 0 unspecified atom stereocenters. The van der Waals surface area contributed by atoms with Crippen molar-refractivity contribution in [2.75, 3.05) is 11.4 Å². The molecular weight excluding hydrogens is 396 g/mol. The van der Waals surface area contributed by atoms with Crippen LogP contribution in [-0.4, -0.2) is 37.9 Å². The van der Waals surface area contributed by atoms with E-state index >= 15 is 0 Å². The van der Waals surface area contributed by atoms with E-state index in [2.05, 4.69) is 21.6 Å². The Hall–Kier alpha value is -2.89. The summed E-state index contributed by atoms with van der Waals surface area (Å²) in [6.07, 6.45) is 0.251. The Morgan fingerprint density at radius 3 is 2.64 bits per heavy atom. The average Bonchev–Trinajstić information content (AvgIpc) is 3.17. The zero-order valence-corrected chi connectivity index (χ0v) is 16.6. The van der Waals surface area contributed by atoms with Gasteiger partial charge in [-0.3, -0.25) is 4.79 Å². The molecule has 1 aromatic heterocycles. The third kappa shape index (κ3) is 4.68. The molecule has 2 aromatic carbocycles. The summed E-state index contributed by atoms with van der Waals surface area (Å²) < 4.78 is 1.56. The normalized spacial score (nSPS) is 11.6. The number of anilines is 1. The number of hydrogen-bond donors (Lipinski definition) is 0. The first-order valence-corrected chi connectivity index (χ1v) is 9.80. The van der Waals surface area contributed by atoms with Crippen LogP contribution in [0.25, 0.3) is 5.69 Å². The highest BCUT2D eigenvalue weighted by atomic mass is 35.5. The van der Waals surface area contributed by atoms with Gasteiger partial charge in [0.15, 0.2) is 0 Å². The Kier molecular flexibility index (Phi) is 6.63. The summed E-state index contributed by atoms with van der Waals surface area (Å²) in [7, 11) is 0. The number of nitrogens with zero attached hydrogens (tertiary/aromatic N) is 6. The molecule has 1 atom stereocenters. The number of thioether (sulfide) groups is 1. The number of benzene rings is 2. The van der Waals surface area contributed by atoms with Crippen molar-refractivity contribution in [3.05, 3.63) is 59.6 Å². The quantitative estimate of drug-likeness (QED) is 0.549. The molecule has 28 heavy (non-hydrogen) atoms. The minimum absolute atomic E-state index is 0.114. The molecule has 1 amide bonds. The number of tetrazole rings is 1. The second-order valence-electron chi connectivity index (χ2n) is 5.84. The molecule has 0 radical (unpaired) electrons. The van der Waals surface area contributed by atoms with Gasteiger partial charge in [0.25, 0.3) is 0 Å². The predicted octanol–water partition coefficient (Wildman–Crippen LogP) is 3.74. The summed E-state index contributed by atoms with van der Waals surface area (Å²) in [5.74, 6) is -0.114. The largest absolute Gasteiger partial charge is 0.310 e. The number of carbonyl (C=O) groups excluding carboxylic acids is 1. The van der Waals surface area contributed by atoms with E-state index in [-0.39, 0.29) is 12.3 Å². The van der Waals surface area contributed by atoms with Gasteiger partial charge in [-0.2, -0.15) is 9.94 Å². The van der Waals surface area contributed by atoms with Gasteiger partial charge in [0.05, 0.1) is 23.4 Å². The summed E-state index contributed by atoms with van der Waals surface area (Å²) in [6, 6.07) is 18.5. The highest BCUT2D eigenvalue weighted by Crippen LogP contribution is 2.26. The van der Waals surface area contributed by atoms with Gasteiger partial charge in [0.2, 0.25) is 11.1 Å². The third-order valence-electron chi connectivity index (χ3n) is 3.92. The zero-order valence-electron chi connectivity index (χ0n) is 15.1. The number of aromatic nitrogens is 4. The summed E-state index contributed by atoms with van der Waals surface area (Å²) in [4.78, 5) is 14.7. The van der Waals surface area contributed by atoms with Gasteiger partial charge in [0.1, 0.15) is 0 Å². The van der Waals surface area contributed by atoms with Crippen molar-refractivity contribution in [3.8, 4) is 11.8 Å². The Morgan fingerprint density at radius 1 is 1.25 bits per heavy atom. The Labute approximate surface area is 171 Å². The topological polar surface area (TPSA) is 87.7 Å². The van der Waals surface area contributed by atoms with E-state index in [9.17, 15) is 4.79 Å². The first kappa shape index (κ1) is 19.9. The molecule has 7 nitrogen and oxygen atoms in total. The smallest absolute Gasteiger partial charge is 0.240 e. The second-order valence-corrected chi connectivity index (χ2v) is 7.59. The fourth-order valence-electron chi connectivity index (χ4n) is 2.56. The molecule has 0 fully saturated rings. The van der Waals surface area contributed by atoms with Crippen molar-refractivity contribution in [2.24, 2.45) is 0 Å². The maximum absolute atomic E-state index is 13.1. The van der Waals surface area contributed by atoms with Crippen LogP contribution < -0.4 is 4.90 Å². The Morgan fingerprint density at radius 2 is 1.96 bits per heavy atom. The van der Waals surface area contributed by atoms with Crippen molar-refractivity contribution < 1.29 is 4.79 Å². The molecular formula is C19H17ClN6OS. The minimum Gasteiger partial charge on any atom is -0.310 e. The first-order chi connectivity index (χ1) is 13.6. The molecule has 1 heterocycles. The zero-order chi connectivity index (χ0) is 19.9. The molecule has 0 spiro atoms. The van der Waals surface area contributed by atoms with Gasteiger partial charge >= 0.3 is 0 Å². The number of hydrogen-bond acceptors (Lipinski definition) is 6. The van der Waals surface area contributed by atoms with E-state index in [1.807, 2.05) is 30.3 Å². The molecule has 0 aliphatic rings. The Bertz CT molecular complexity index is 970. The van der Waals surface area contributed by atoms with E-state index in [1.165, 1.54) is 11.8 Å². The lowest BCUT2D eigenvalue weighted by Gasteiger charge is -2.24. The number of rotatable bonds is 7. The van der Waals surface area contributed by atoms with Crippen molar-refractivity contribution in [1.29, 1.82) is 5.26 Å². The molecule has 0 N–H and O–H groups in total. The van der Waals surface area contributed by atoms with Crippen LogP contribution in [0.2, 0.25) is 5.02 Å². The number of nitriles is 1. The van der Waals surface area contributed by atoms with Gasteiger partial charge in [-0.15, -0.1) is 5.10 Å². The molecule has 0 saturated heterocycles. The van der Waals surface area contributed by atoms with Crippen molar-refractivity contribution >= 4 is 35.0 Å². The summed E-state index contributed by atoms with van der Waals surface area (Å²) >= 11 is 7.19. The van der Waals surface area contributed by atoms with Crippen molar-refractivity contribution in [1.82, 2.24) is 20.2 Å². The second kappa shape index (κ2) is 9.35. The molecule has 3 rings (SSSR count). The van der Waals surface area contributed by atoms with E-state index < -0.39 is 5.25 Å². The maximum atomic E-state index is 13.1. The Balaban J connectivity index is 1.79. The third-order valence-corrected chi connectivity index (χ3v) is 5.20. The molecule has 3 aromatic rings. The van der Waals surface area contributed by atoms with E-state index in [1.54, 1.807) is 40.8 Å². The SMILES string of the molecule is C[C@@H](Sc1nnnn1-c1ccc(Cl)cc1)C(=O)N(CCC#N)c1ccccc1. The number of carbonyl (C=O) groups is 1. The lowest BCUT2D eigenvalue weighted by Crippen LogP contribution is -2.37. The molecule has 142 valence electrons. The average molecular weight is 413 g/mol. The first-order valence-electron chi connectivity index (χ1n) is 8.54. The highest BCUT2D eigenvalue weighted by molar-refractivity contribution is 8.00. The maximum Gasteiger partial charge on any atom is 0.240 e. The number of halogens is 1. The van der Waals surface area contributed by atoms with Crippen LogP contribution >= 0.6 is 23.4 Å². The van der Waals surface area contributed by atoms with Crippen molar-refractivity contribution in [2.45, 2.75) is 23.8 Å². The van der Waals surface area contributed by atoms with Crippen LogP contribution in [0.15, 0.2) is 59.8 Å². The van der Waals surface area contributed by atoms with E-state index in [0.29, 0.717) is 16.7 Å². The standard InChI is InChI=1S/C19H17ClN6OS/c1-14(18(27)25(13-5-12-21)16-6-3-2-4-7-16)28-19-22-23-24-26(19)17-10-8-15(20)9-11-17/h2-4,6-11,14H,5,13H2,1H3/t14-/m1/s1. The van der Waals surface area contributed by atoms with Crippen LogP contribution in [0, 0.1) is 11.3 Å². The van der Waals surface area contributed by atoms with Gasteiger partial charge in [-0.1, -0.05) is 41.6 Å². The monoisotopic (exact) mass is 412 g/mol. The number of amides is 1. The van der Waals surface area contributed by atoms with Gasteiger partial charge in [-0.05, 0) is 53.7 Å².